The van der Waals surface area contributed by atoms with E-state index in [1.54, 1.807) is 0 Å². The van der Waals surface area contributed by atoms with E-state index in [2.05, 4.69) is 42.1 Å². The van der Waals surface area contributed by atoms with Crippen molar-refractivity contribution in [1.82, 2.24) is 0 Å². The van der Waals surface area contributed by atoms with Crippen molar-refractivity contribution in [3.63, 3.8) is 0 Å². The SMILES string of the molecule is NC(N)=NN=C(c1ccc(Br)cc1)c1ccc(Br)cc1. The molecule has 2 aromatic carbocycles. The van der Waals surface area contributed by atoms with Gasteiger partial charge in [0.25, 0.3) is 0 Å². The summed E-state index contributed by atoms with van der Waals surface area (Å²) in [6.07, 6.45) is 0. The number of nitrogens with zero attached hydrogens (tertiary/aromatic N) is 2. The number of hydrogen-bond acceptors (Lipinski definition) is 2. The number of hydrogen-bond donors (Lipinski definition) is 2. The van der Waals surface area contributed by atoms with Crippen molar-refractivity contribution >= 4 is 43.5 Å². The molecule has 0 spiro atoms. The first kappa shape index (κ1) is 14.7. The van der Waals surface area contributed by atoms with Crippen LogP contribution in [0.2, 0.25) is 0 Å². The first-order chi connectivity index (χ1) is 9.56. The zero-order valence-corrected chi connectivity index (χ0v) is 13.6. The fourth-order valence-electron chi connectivity index (χ4n) is 1.61. The lowest BCUT2D eigenvalue weighted by Gasteiger charge is -2.06. The minimum Gasteiger partial charge on any atom is -0.369 e. The molecule has 0 radical (unpaired) electrons. The van der Waals surface area contributed by atoms with Crippen molar-refractivity contribution in [3.05, 3.63) is 68.6 Å². The summed E-state index contributed by atoms with van der Waals surface area (Å²) in [6.45, 7) is 0. The van der Waals surface area contributed by atoms with Gasteiger partial charge in [0.05, 0.1) is 0 Å². The second-order valence-electron chi connectivity index (χ2n) is 3.99. The fraction of sp³-hybridized carbons (Fsp3) is 0. The number of halogens is 2. The molecule has 0 aromatic heterocycles. The molecule has 0 saturated heterocycles. The highest BCUT2D eigenvalue weighted by molar-refractivity contribution is 9.10. The Morgan fingerprint density at radius 3 is 1.45 bits per heavy atom. The lowest BCUT2D eigenvalue weighted by atomic mass is 10.0. The van der Waals surface area contributed by atoms with E-state index in [0.717, 1.165) is 20.1 Å². The molecule has 4 nitrogen and oxygen atoms in total. The van der Waals surface area contributed by atoms with Crippen molar-refractivity contribution in [2.45, 2.75) is 0 Å². The smallest absolute Gasteiger partial charge is 0.211 e. The third-order valence-corrected chi connectivity index (χ3v) is 3.56. The molecule has 2 rings (SSSR count). The van der Waals surface area contributed by atoms with E-state index in [1.165, 1.54) is 0 Å². The van der Waals surface area contributed by atoms with E-state index < -0.39 is 0 Å². The molecule has 0 aliphatic heterocycles. The maximum Gasteiger partial charge on any atom is 0.211 e. The predicted molar refractivity (Wildman–Crippen MR) is 89.7 cm³/mol. The van der Waals surface area contributed by atoms with Crippen molar-refractivity contribution in [2.24, 2.45) is 21.7 Å². The zero-order valence-electron chi connectivity index (χ0n) is 10.4. The van der Waals surface area contributed by atoms with E-state index in [-0.39, 0.29) is 5.96 Å². The number of benzene rings is 2. The van der Waals surface area contributed by atoms with Crippen LogP contribution in [-0.2, 0) is 0 Å². The van der Waals surface area contributed by atoms with E-state index in [4.69, 9.17) is 11.5 Å². The lowest BCUT2D eigenvalue weighted by Crippen LogP contribution is -2.22. The molecule has 0 unspecified atom stereocenters. The molecule has 0 aliphatic rings. The molecule has 20 heavy (non-hydrogen) atoms. The summed E-state index contributed by atoms with van der Waals surface area (Å²) < 4.78 is 2.00. The van der Waals surface area contributed by atoms with Gasteiger partial charge in [-0.3, -0.25) is 0 Å². The predicted octanol–water partition coefficient (Wildman–Crippen LogP) is 3.24. The van der Waals surface area contributed by atoms with Gasteiger partial charge in [0.1, 0.15) is 5.71 Å². The number of guanidine groups is 1. The van der Waals surface area contributed by atoms with E-state index in [9.17, 15) is 0 Å². The number of rotatable bonds is 3. The summed E-state index contributed by atoms with van der Waals surface area (Å²) in [5.41, 5.74) is 13.3. The summed E-state index contributed by atoms with van der Waals surface area (Å²) in [7, 11) is 0. The summed E-state index contributed by atoms with van der Waals surface area (Å²) in [4.78, 5) is 0. The van der Waals surface area contributed by atoms with Crippen LogP contribution in [0.15, 0.2) is 67.7 Å². The minimum absolute atomic E-state index is 0.0725. The summed E-state index contributed by atoms with van der Waals surface area (Å²) in [5.74, 6) is -0.0725. The van der Waals surface area contributed by atoms with Crippen LogP contribution < -0.4 is 11.5 Å². The van der Waals surface area contributed by atoms with Crippen LogP contribution in [0.25, 0.3) is 0 Å². The number of nitrogens with two attached hydrogens (primary N) is 2. The molecule has 0 atom stereocenters. The first-order valence-electron chi connectivity index (χ1n) is 5.75. The molecule has 0 fully saturated rings. The Balaban J connectivity index is 2.50. The quantitative estimate of drug-likeness (QED) is 0.475. The van der Waals surface area contributed by atoms with E-state index >= 15 is 0 Å². The summed E-state index contributed by atoms with van der Waals surface area (Å²) in [6, 6.07) is 15.6. The molecular formula is C14H12Br2N4. The molecule has 4 N–H and O–H groups in total. The monoisotopic (exact) mass is 394 g/mol. The molecule has 102 valence electrons. The second kappa shape index (κ2) is 6.67. The Morgan fingerprint density at radius 1 is 0.700 bits per heavy atom. The van der Waals surface area contributed by atoms with Crippen LogP contribution in [-0.4, -0.2) is 11.7 Å². The maximum absolute atomic E-state index is 5.35. The Labute approximate surface area is 133 Å². The normalized spacial score (nSPS) is 9.90. The van der Waals surface area contributed by atoms with Crippen molar-refractivity contribution in [2.75, 3.05) is 0 Å². The Bertz CT molecular complexity index is 594. The van der Waals surface area contributed by atoms with Gasteiger partial charge < -0.3 is 11.5 Å². The largest absolute Gasteiger partial charge is 0.369 e. The van der Waals surface area contributed by atoms with Crippen molar-refractivity contribution in [3.8, 4) is 0 Å². The van der Waals surface area contributed by atoms with Gasteiger partial charge in [-0.15, -0.1) is 10.2 Å². The molecule has 0 aliphatic carbocycles. The van der Waals surface area contributed by atoms with Crippen LogP contribution in [0.1, 0.15) is 11.1 Å². The maximum atomic E-state index is 5.35. The molecular weight excluding hydrogens is 384 g/mol. The second-order valence-corrected chi connectivity index (χ2v) is 5.82. The molecule has 0 heterocycles. The molecule has 0 saturated carbocycles. The highest BCUT2D eigenvalue weighted by Crippen LogP contribution is 2.17. The van der Waals surface area contributed by atoms with Crippen LogP contribution in [0.4, 0.5) is 0 Å². The first-order valence-corrected chi connectivity index (χ1v) is 7.33. The Kier molecular flexibility index (Phi) is 4.92. The summed E-state index contributed by atoms with van der Waals surface area (Å²) >= 11 is 6.82. The van der Waals surface area contributed by atoms with Crippen LogP contribution in [0.3, 0.4) is 0 Å². The zero-order chi connectivity index (χ0) is 14.5. The van der Waals surface area contributed by atoms with Crippen LogP contribution in [0.5, 0.6) is 0 Å². The topological polar surface area (TPSA) is 76.8 Å². The van der Waals surface area contributed by atoms with Crippen LogP contribution >= 0.6 is 31.9 Å². The minimum atomic E-state index is -0.0725. The highest BCUT2D eigenvalue weighted by Gasteiger charge is 2.07. The van der Waals surface area contributed by atoms with Gasteiger partial charge in [-0.2, -0.15) is 0 Å². The Morgan fingerprint density at radius 2 is 1.10 bits per heavy atom. The van der Waals surface area contributed by atoms with Crippen LogP contribution in [0, 0.1) is 0 Å². The average Bonchev–Trinajstić information content (AvgIpc) is 2.42. The van der Waals surface area contributed by atoms with Crippen molar-refractivity contribution < 1.29 is 0 Å². The van der Waals surface area contributed by atoms with Crippen molar-refractivity contribution in [1.29, 1.82) is 0 Å². The van der Waals surface area contributed by atoms with E-state index in [1.807, 2.05) is 48.5 Å². The van der Waals surface area contributed by atoms with Gasteiger partial charge in [-0.1, -0.05) is 56.1 Å². The molecule has 6 heteroatoms. The van der Waals surface area contributed by atoms with Gasteiger partial charge in [-0.25, -0.2) is 0 Å². The van der Waals surface area contributed by atoms with Gasteiger partial charge in [0.15, 0.2) is 0 Å². The van der Waals surface area contributed by atoms with Gasteiger partial charge in [0.2, 0.25) is 5.96 Å². The summed E-state index contributed by atoms with van der Waals surface area (Å²) in [5, 5.41) is 7.91. The van der Waals surface area contributed by atoms with E-state index in [0.29, 0.717) is 5.71 Å². The third kappa shape index (κ3) is 3.91. The van der Waals surface area contributed by atoms with Gasteiger partial charge in [-0.05, 0) is 24.3 Å². The lowest BCUT2D eigenvalue weighted by molar-refractivity contribution is 1.20. The van der Waals surface area contributed by atoms with Gasteiger partial charge in [0, 0.05) is 20.1 Å². The third-order valence-electron chi connectivity index (χ3n) is 2.50. The standard InChI is InChI=1S/C14H12Br2N4/c15-11-5-1-9(2-6-11)13(19-20-14(17)18)10-3-7-12(16)8-4-10/h1-8H,(H4,17,18,20). The highest BCUT2D eigenvalue weighted by atomic mass is 79.9. The average molecular weight is 396 g/mol. The fourth-order valence-corrected chi connectivity index (χ4v) is 2.13. The van der Waals surface area contributed by atoms with Gasteiger partial charge >= 0.3 is 0 Å². The molecule has 0 bridgehead atoms. The molecule has 2 aromatic rings. The Hall–Kier alpha value is -1.66. The molecule has 0 amide bonds.